The summed E-state index contributed by atoms with van der Waals surface area (Å²) < 4.78 is 0. The van der Waals surface area contributed by atoms with E-state index in [1.807, 2.05) is 54.7 Å². The first kappa shape index (κ1) is 20.4. The summed E-state index contributed by atoms with van der Waals surface area (Å²) in [5.74, 6) is 1.00. The molecule has 1 amide bonds. The lowest BCUT2D eigenvalue weighted by molar-refractivity contribution is -0.123. The second kappa shape index (κ2) is 9.72. The van der Waals surface area contributed by atoms with Gasteiger partial charge in [-0.15, -0.1) is 0 Å². The number of aromatic amines is 1. The van der Waals surface area contributed by atoms with Gasteiger partial charge >= 0.3 is 0 Å². The maximum atomic E-state index is 13.3. The van der Waals surface area contributed by atoms with E-state index in [-0.39, 0.29) is 17.9 Å². The Morgan fingerprint density at radius 3 is 2.37 bits per heavy atom. The zero-order chi connectivity index (χ0) is 20.8. The third-order valence-electron chi connectivity index (χ3n) is 6.12. The summed E-state index contributed by atoms with van der Waals surface area (Å²) in [6, 6.07) is 20.4. The van der Waals surface area contributed by atoms with Crippen molar-refractivity contribution in [1.82, 2.24) is 15.3 Å². The fourth-order valence-electron chi connectivity index (χ4n) is 4.28. The van der Waals surface area contributed by atoms with Gasteiger partial charge in [-0.3, -0.25) is 4.79 Å². The summed E-state index contributed by atoms with van der Waals surface area (Å²) in [6.07, 6.45) is 6.68. The number of hydrogen-bond donors (Lipinski definition) is 3. The smallest absolute Gasteiger partial charge is 0.231 e. The molecule has 4 rings (SSSR count). The standard InChI is InChI=1S/C25H30N4O/c26-16-19-11-13-21(14-12-19)28-25(30)22(15-18-7-3-1-4-8-18)24-27-17-23(29-24)20-9-5-2-6-10-20/h1-10,17,19,21-22H,11-16,26H2,(H,27,29)(H,28,30). The number of carbonyl (C=O) groups is 1. The minimum Gasteiger partial charge on any atom is -0.353 e. The molecule has 5 heteroatoms. The summed E-state index contributed by atoms with van der Waals surface area (Å²) >= 11 is 0. The van der Waals surface area contributed by atoms with Gasteiger partial charge in [-0.1, -0.05) is 60.7 Å². The molecule has 1 fully saturated rings. The van der Waals surface area contributed by atoms with Crippen molar-refractivity contribution in [2.45, 2.75) is 44.1 Å². The fraction of sp³-hybridized carbons (Fsp3) is 0.360. The van der Waals surface area contributed by atoms with Crippen LogP contribution in [0.25, 0.3) is 11.3 Å². The normalized spacial score (nSPS) is 19.9. The number of H-pyrrole nitrogens is 1. The van der Waals surface area contributed by atoms with Crippen LogP contribution in [0.2, 0.25) is 0 Å². The number of carbonyl (C=O) groups excluding carboxylic acids is 1. The molecule has 2 aromatic carbocycles. The zero-order valence-electron chi connectivity index (χ0n) is 17.3. The van der Waals surface area contributed by atoms with Crippen LogP contribution in [0.5, 0.6) is 0 Å². The van der Waals surface area contributed by atoms with E-state index in [0.717, 1.165) is 49.0 Å². The molecule has 1 atom stereocenters. The molecule has 1 aliphatic carbocycles. The summed E-state index contributed by atoms with van der Waals surface area (Å²) in [6.45, 7) is 0.742. The molecule has 1 saturated carbocycles. The van der Waals surface area contributed by atoms with Crippen molar-refractivity contribution in [3.63, 3.8) is 0 Å². The van der Waals surface area contributed by atoms with Crippen molar-refractivity contribution < 1.29 is 4.79 Å². The van der Waals surface area contributed by atoms with Gasteiger partial charge in [0.2, 0.25) is 5.91 Å². The van der Waals surface area contributed by atoms with Gasteiger partial charge in [0.15, 0.2) is 0 Å². The van der Waals surface area contributed by atoms with E-state index in [4.69, 9.17) is 10.7 Å². The molecule has 0 spiro atoms. The van der Waals surface area contributed by atoms with E-state index in [9.17, 15) is 4.79 Å². The molecular formula is C25H30N4O. The summed E-state index contributed by atoms with van der Waals surface area (Å²) in [4.78, 5) is 21.4. The van der Waals surface area contributed by atoms with E-state index in [2.05, 4.69) is 22.4 Å². The third-order valence-corrected chi connectivity index (χ3v) is 6.12. The molecule has 1 unspecified atom stereocenters. The van der Waals surface area contributed by atoms with Crippen LogP contribution < -0.4 is 11.1 Å². The molecule has 0 saturated heterocycles. The van der Waals surface area contributed by atoms with E-state index >= 15 is 0 Å². The second-order valence-corrected chi connectivity index (χ2v) is 8.24. The van der Waals surface area contributed by atoms with Crippen molar-refractivity contribution in [3.05, 3.63) is 78.2 Å². The van der Waals surface area contributed by atoms with Gasteiger partial charge in [-0.05, 0) is 50.1 Å². The van der Waals surface area contributed by atoms with Crippen molar-refractivity contribution in [3.8, 4) is 11.3 Å². The average molecular weight is 403 g/mol. The van der Waals surface area contributed by atoms with Gasteiger partial charge in [-0.2, -0.15) is 0 Å². The van der Waals surface area contributed by atoms with Crippen molar-refractivity contribution >= 4 is 5.91 Å². The van der Waals surface area contributed by atoms with Gasteiger partial charge in [-0.25, -0.2) is 4.98 Å². The van der Waals surface area contributed by atoms with Crippen molar-refractivity contribution in [1.29, 1.82) is 0 Å². The highest BCUT2D eigenvalue weighted by atomic mass is 16.2. The van der Waals surface area contributed by atoms with Crippen LogP contribution in [0.15, 0.2) is 66.9 Å². The quantitative estimate of drug-likeness (QED) is 0.558. The van der Waals surface area contributed by atoms with E-state index in [1.54, 1.807) is 0 Å². The van der Waals surface area contributed by atoms with E-state index < -0.39 is 0 Å². The number of aromatic nitrogens is 2. The Morgan fingerprint density at radius 2 is 1.70 bits per heavy atom. The fourth-order valence-corrected chi connectivity index (χ4v) is 4.28. The number of nitrogens with zero attached hydrogens (tertiary/aromatic N) is 1. The Kier molecular flexibility index (Phi) is 6.60. The third kappa shape index (κ3) is 4.97. The topological polar surface area (TPSA) is 83.8 Å². The summed E-state index contributed by atoms with van der Waals surface area (Å²) in [7, 11) is 0. The highest BCUT2D eigenvalue weighted by molar-refractivity contribution is 5.83. The first-order valence-electron chi connectivity index (χ1n) is 10.9. The van der Waals surface area contributed by atoms with Crippen LogP contribution in [0.3, 0.4) is 0 Å². The van der Waals surface area contributed by atoms with E-state index in [1.165, 1.54) is 0 Å². The summed E-state index contributed by atoms with van der Waals surface area (Å²) in [5, 5.41) is 3.29. The molecule has 1 aliphatic rings. The Balaban J connectivity index is 1.52. The Labute approximate surface area is 178 Å². The number of nitrogens with one attached hydrogen (secondary N) is 2. The highest BCUT2D eigenvalue weighted by Gasteiger charge is 2.28. The first-order chi connectivity index (χ1) is 14.7. The molecule has 156 valence electrons. The van der Waals surface area contributed by atoms with Crippen LogP contribution >= 0.6 is 0 Å². The van der Waals surface area contributed by atoms with Crippen LogP contribution in [-0.2, 0) is 11.2 Å². The Bertz CT molecular complexity index is 930. The highest BCUT2D eigenvalue weighted by Crippen LogP contribution is 2.26. The number of hydrogen-bond acceptors (Lipinski definition) is 3. The second-order valence-electron chi connectivity index (χ2n) is 8.24. The van der Waals surface area contributed by atoms with Crippen molar-refractivity contribution in [2.75, 3.05) is 6.54 Å². The predicted octanol–water partition coefficient (Wildman–Crippen LogP) is 4.04. The van der Waals surface area contributed by atoms with Gasteiger partial charge in [0, 0.05) is 17.8 Å². The number of nitrogens with two attached hydrogens (primary N) is 1. The number of rotatable bonds is 7. The minimum atomic E-state index is -0.350. The van der Waals surface area contributed by atoms with Crippen molar-refractivity contribution in [2.24, 2.45) is 11.7 Å². The predicted molar refractivity (Wildman–Crippen MR) is 120 cm³/mol. The number of benzene rings is 2. The molecule has 0 radical (unpaired) electrons. The SMILES string of the molecule is NCC1CCC(NC(=O)C(Cc2ccccc2)c2nc(-c3ccccc3)c[nH]2)CC1. The lowest BCUT2D eigenvalue weighted by Crippen LogP contribution is -2.41. The molecule has 1 heterocycles. The molecule has 0 bridgehead atoms. The van der Waals surface area contributed by atoms with Crippen LogP contribution in [-0.4, -0.2) is 28.5 Å². The van der Waals surface area contributed by atoms with Gasteiger partial charge in [0.25, 0.3) is 0 Å². The molecule has 4 N–H and O–H groups in total. The van der Waals surface area contributed by atoms with Crippen LogP contribution in [0.4, 0.5) is 0 Å². The first-order valence-corrected chi connectivity index (χ1v) is 10.9. The lowest BCUT2D eigenvalue weighted by atomic mass is 9.85. The monoisotopic (exact) mass is 402 g/mol. The zero-order valence-corrected chi connectivity index (χ0v) is 17.3. The largest absolute Gasteiger partial charge is 0.353 e. The molecule has 30 heavy (non-hydrogen) atoms. The molecular weight excluding hydrogens is 372 g/mol. The van der Waals surface area contributed by atoms with E-state index in [0.29, 0.717) is 18.2 Å². The summed E-state index contributed by atoms with van der Waals surface area (Å²) in [5.41, 5.74) is 8.84. The Hall–Kier alpha value is -2.92. The number of amides is 1. The van der Waals surface area contributed by atoms with Gasteiger partial charge < -0.3 is 16.0 Å². The molecule has 3 aromatic rings. The maximum absolute atomic E-state index is 13.3. The molecule has 1 aromatic heterocycles. The molecule has 0 aliphatic heterocycles. The lowest BCUT2D eigenvalue weighted by Gasteiger charge is -2.29. The minimum absolute atomic E-state index is 0.0454. The maximum Gasteiger partial charge on any atom is 0.231 e. The van der Waals surface area contributed by atoms with Gasteiger partial charge in [0.1, 0.15) is 5.82 Å². The average Bonchev–Trinajstić information content (AvgIpc) is 3.29. The van der Waals surface area contributed by atoms with Gasteiger partial charge in [0.05, 0.1) is 11.6 Å². The van der Waals surface area contributed by atoms with Crippen LogP contribution in [0, 0.1) is 5.92 Å². The van der Waals surface area contributed by atoms with Crippen LogP contribution in [0.1, 0.15) is 43.0 Å². The number of imidazole rings is 1. The molecule has 5 nitrogen and oxygen atoms in total. The Morgan fingerprint density at radius 1 is 1.03 bits per heavy atom.